The van der Waals surface area contributed by atoms with Gasteiger partial charge in [-0.15, -0.1) is 0 Å². The minimum Gasteiger partial charge on any atom is -0.497 e. The third kappa shape index (κ3) is 2.15. The van der Waals surface area contributed by atoms with Crippen LogP contribution in [0.5, 0.6) is 5.75 Å². The summed E-state index contributed by atoms with van der Waals surface area (Å²) < 4.78 is 5.29. The summed E-state index contributed by atoms with van der Waals surface area (Å²) in [4.78, 5) is 0. The van der Waals surface area contributed by atoms with E-state index in [-0.39, 0.29) is 0 Å². The Morgan fingerprint density at radius 2 is 2.10 bits per heavy atom. The fourth-order valence-electron chi connectivity index (χ4n) is 3.10. The smallest absolute Gasteiger partial charge is 0.119 e. The topological polar surface area (TPSA) is 21.3 Å². The van der Waals surface area contributed by atoms with Gasteiger partial charge in [0.15, 0.2) is 0 Å². The maximum atomic E-state index is 5.29. The van der Waals surface area contributed by atoms with E-state index in [1.807, 2.05) is 6.07 Å². The normalized spacial score (nSPS) is 16.6. The number of ether oxygens (including phenoxy) is 1. The van der Waals surface area contributed by atoms with Gasteiger partial charge in [-0.25, -0.2) is 0 Å². The quantitative estimate of drug-likeness (QED) is 0.896. The molecule has 2 heteroatoms. The first-order chi connectivity index (χ1) is 9.72. The molecule has 0 saturated carbocycles. The van der Waals surface area contributed by atoms with Gasteiger partial charge in [-0.1, -0.05) is 31.2 Å². The Hall–Kier alpha value is -1.96. The van der Waals surface area contributed by atoms with Gasteiger partial charge in [0, 0.05) is 5.69 Å². The van der Waals surface area contributed by atoms with Gasteiger partial charge in [-0.2, -0.15) is 0 Å². The molecule has 0 bridgehead atoms. The lowest BCUT2D eigenvalue weighted by molar-refractivity contribution is 0.414. The van der Waals surface area contributed by atoms with Crippen LogP contribution in [0.15, 0.2) is 36.4 Å². The first kappa shape index (κ1) is 13.0. The van der Waals surface area contributed by atoms with E-state index in [1.54, 1.807) is 7.11 Å². The molecule has 1 atom stereocenters. The van der Waals surface area contributed by atoms with Gasteiger partial charge in [-0.3, -0.25) is 0 Å². The second-order valence-electron chi connectivity index (χ2n) is 5.43. The molecule has 104 valence electrons. The highest BCUT2D eigenvalue weighted by Gasteiger charge is 2.24. The van der Waals surface area contributed by atoms with Crippen molar-refractivity contribution in [1.29, 1.82) is 0 Å². The summed E-state index contributed by atoms with van der Waals surface area (Å²) in [5.74, 6) is 0.927. The number of hydrogen-bond acceptors (Lipinski definition) is 2. The van der Waals surface area contributed by atoms with Crippen molar-refractivity contribution in [3.63, 3.8) is 0 Å². The van der Waals surface area contributed by atoms with E-state index < -0.39 is 0 Å². The maximum absolute atomic E-state index is 5.29. The highest BCUT2D eigenvalue weighted by molar-refractivity contribution is 5.63. The number of methoxy groups -OCH3 is 1. The van der Waals surface area contributed by atoms with Crippen molar-refractivity contribution in [2.45, 2.75) is 32.7 Å². The molecule has 0 spiro atoms. The Labute approximate surface area is 120 Å². The Kier molecular flexibility index (Phi) is 3.39. The molecular weight excluding hydrogens is 246 g/mol. The SMILES string of the molecule is CCc1cccc2c1NC(c1ccc(OC)cc1C)C2. The number of nitrogens with one attached hydrogen (secondary N) is 1. The van der Waals surface area contributed by atoms with Crippen molar-refractivity contribution in [2.75, 3.05) is 12.4 Å². The van der Waals surface area contributed by atoms with Gasteiger partial charge in [0.1, 0.15) is 5.75 Å². The molecule has 2 aromatic rings. The zero-order valence-corrected chi connectivity index (χ0v) is 12.4. The standard InChI is InChI=1S/C18H21NO/c1-4-13-6-5-7-14-11-17(19-18(13)14)16-9-8-15(20-3)10-12(16)2/h5-10,17,19H,4,11H2,1-3H3. The number of fused-ring (bicyclic) bond motifs is 1. The van der Waals surface area contributed by atoms with Crippen molar-refractivity contribution in [3.8, 4) is 5.75 Å². The molecule has 1 N–H and O–H groups in total. The fourth-order valence-corrected chi connectivity index (χ4v) is 3.10. The van der Waals surface area contributed by atoms with Gasteiger partial charge in [0.25, 0.3) is 0 Å². The molecule has 1 aliphatic rings. The largest absolute Gasteiger partial charge is 0.497 e. The van der Waals surface area contributed by atoms with Gasteiger partial charge in [0.2, 0.25) is 0 Å². The van der Waals surface area contributed by atoms with Crippen LogP contribution in [0.2, 0.25) is 0 Å². The van der Waals surface area contributed by atoms with Gasteiger partial charge in [0.05, 0.1) is 13.2 Å². The molecule has 1 heterocycles. The molecule has 0 radical (unpaired) electrons. The van der Waals surface area contributed by atoms with Crippen LogP contribution in [0.1, 0.15) is 35.2 Å². The van der Waals surface area contributed by atoms with Crippen LogP contribution in [0, 0.1) is 6.92 Å². The third-order valence-electron chi connectivity index (χ3n) is 4.21. The van der Waals surface area contributed by atoms with E-state index in [1.165, 1.54) is 27.9 Å². The monoisotopic (exact) mass is 267 g/mol. The Morgan fingerprint density at radius 1 is 1.25 bits per heavy atom. The molecule has 0 saturated heterocycles. The van der Waals surface area contributed by atoms with E-state index in [9.17, 15) is 0 Å². The molecule has 2 aromatic carbocycles. The Morgan fingerprint density at radius 3 is 2.80 bits per heavy atom. The van der Waals surface area contributed by atoms with Crippen molar-refractivity contribution in [1.82, 2.24) is 0 Å². The molecule has 1 unspecified atom stereocenters. The second-order valence-corrected chi connectivity index (χ2v) is 5.43. The molecule has 20 heavy (non-hydrogen) atoms. The Bertz CT molecular complexity index is 633. The minimum absolute atomic E-state index is 0.378. The zero-order chi connectivity index (χ0) is 14.1. The third-order valence-corrected chi connectivity index (χ3v) is 4.21. The summed E-state index contributed by atoms with van der Waals surface area (Å²) in [5, 5.41) is 3.71. The van der Waals surface area contributed by atoms with Crippen molar-refractivity contribution in [2.24, 2.45) is 0 Å². The molecule has 0 amide bonds. The molecule has 0 fully saturated rings. The van der Waals surface area contributed by atoms with Gasteiger partial charge < -0.3 is 10.1 Å². The second kappa shape index (κ2) is 5.20. The number of hydrogen-bond donors (Lipinski definition) is 1. The number of anilines is 1. The van der Waals surface area contributed by atoms with E-state index in [2.05, 4.69) is 49.5 Å². The van der Waals surface area contributed by atoms with Crippen LogP contribution < -0.4 is 10.1 Å². The number of para-hydroxylation sites is 1. The predicted octanol–water partition coefficient (Wildman–Crippen LogP) is 4.28. The summed E-state index contributed by atoms with van der Waals surface area (Å²) in [6.07, 6.45) is 2.14. The van der Waals surface area contributed by atoms with E-state index in [0.717, 1.165) is 18.6 Å². The lowest BCUT2D eigenvalue weighted by Crippen LogP contribution is -2.08. The zero-order valence-electron chi connectivity index (χ0n) is 12.4. The first-order valence-electron chi connectivity index (χ1n) is 7.24. The average molecular weight is 267 g/mol. The summed E-state index contributed by atoms with van der Waals surface area (Å²) in [6, 6.07) is 13.3. The lowest BCUT2D eigenvalue weighted by atomic mass is 9.98. The lowest BCUT2D eigenvalue weighted by Gasteiger charge is -2.16. The number of benzene rings is 2. The summed E-state index contributed by atoms with van der Waals surface area (Å²) in [7, 11) is 1.71. The van der Waals surface area contributed by atoms with Crippen LogP contribution >= 0.6 is 0 Å². The van der Waals surface area contributed by atoms with Crippen molar-refractivity contribution in [3.05, 3.63) is 58.7 Å². The molecule has 1 aliphatic heterocycles. The summed E-state index contributed by atoms with van der Waals surface area (Å²) >= 11 is 0. The van der Waals surface area contributed by atoms with Crippen LogP contribution in [0.25, 0.3) is 0 Å². The van der Waals surface area contributed by atoms with Gasteiger partial charge >= 0.3 is 0 Å². The number of rotatable bonds is 3. The van der Waals surface area contributed by atoms with Crippen LogP contribution in [0.4, 0.5) is 5.69 Å². The van der Waals surface area contributed by atoms with Gasteiger partial charge in [-0.05, 0) is 54.2 Å². The molecule has 0 aromatic heterocycles. The van der Waals surface area contributed by atoms with Crippen LogP contribution in [-0.4, -0.2) is 7.11 Å². The van der Waals surface area contributed by atoms with E-state index in [0.29, 0.717) is 6.04 Å². The fraction of sp³-hybridized carbons (Fsp3) is 0.333. The van der Waals surface area contributed by atoms with E-state index >= 15 is 0 Å². The van der Waals surface area contributed by atoms with E-state index in [4.69, 9.17) is 4.74 Å². The highest BCUT2D eigenvalue weighted by atomic mass is 16.5. The summed E-state index contributed by atoms with van der Waals surface area (Å²) in [6.45, 7) is 4.37. The minimum atomic E-state index is 0.378. The van der Waals surface area contributed by atoms with Crippen LogP contribution in [0.3, 0.4) is 0 Å². The molecule has 3 rings (SSSR count). The number of aryl methyl sites for hydroxylation is 2. The average Bonchev–Trinajstić information content (AvgIpc) is 2.90. The first-order valence-corrected chi connectivity index (χ1v) is 7.24. The summed E-state index contributed by atoms with van der Waals surface area (Å²) in [5.41, 5.74) is 6.84. The molecule has 0 aliphatic carbocycles. The Balaban J connectivity index is 1.92. The van der Waals surface area contributed by atoms with Crippen molar-refractivity contribution >= 4 is 5.69 Å². The molecule has 2 nitrogen and oxygen atoms in total. The molecular formula is C18H21NO. The van der Waals surface area contributed by atoms with Crippen molar-refractivity contribution < 1.29 is 4.74 Å². The maximum Gasteiger partial charge on any atom is 0.119 e. The van der Waals surface area contributed by atoms with Crippen LogP contribution in [-0.2, 0) is 12.8 Å². The predicted molar refractivity (Wildman–Crippen MR) is 83.6 cm³/mol. The highest BCUT2D eigenvalue weighted by Crippen LogP contribution is 2.38.